The van der Waals surface area contributed by atoms with Gasteiger partial charge in [-0.25, -0.2) is 0 Å². The van der Waals surface area contributed by atoms with Gasteiger partial charge in [0.25, 0.3) is 0 Å². The molecule has 0 aliphatic carbocycles. The minimum absolute atomic E-state index is 0.606. The first kappa shape index (κ1) is 11.2. The fourth-order valence-corrected chi connectivity index (χ4v) is 1.51. The molecule has 0 spiro atoms. The lowest BCUT2D eigenvalue weighted by Gasteiger charge is -2.14. The van der Waals surface area contributed by atoms with Gasteiger partial charge in [0.15, 0.2) is 0 Å². The molecule has 1 aromatic carbocycles. The second kappa shape index (κ2) is 5.15. The molecule has 0 amide bonds. The Bertz CT molecular complexity index is 279. The third kappa shape index (κ3) is 2.84. The molecule has 78 valence electrons. The van der Waals surface area contributed by atoms with Crippen molar-refractivity contribution >= 4 is 23.1 Å². The summed E-state index contributed by atoms with van der Waals surface area (Å²) in [5, 5.41) is 3.99. The zero-order valence-corrected chi connectivity index (χ0v) is 9.82. The predicted octanol–water partition coefficient (Wildman–Crippen LogP) is 2.74. The molecule has 0 saturated carbocycles. The zero-order chi connectivity index (χ0) is 10.6. The Hall–Kier alpha value is -0.830. The average Bonchev–Trinajstić information content (AvgIpc) is 2.16. The summed E-state index contributed by atoms with van der Waals surface area (Å²) < 4.78 is 0. The number of nitrogens with two attached hydrogens (primary N) is 1. The molecule has 2 nitrogen and oxygen atoms in total. The molecule has 0 aromatic heterocycles. The van der Waals surface area contributed by atoms with Gasteiger partial charge in [0.05, 0.1) is 11.4 Å². The molecule has 0 radical (unpaired) electrons. The predicted molar refractivity (Wildman–Crippen MR) is 67.1 cm³/mol. The van der Waals surface area contributed by atoms with E-state index in [0.29, 0.717) is 5.25 Å². The highest BCUT2D eigenvalue weighted by Gasteiger charge is 2.03. The Morgan fingerprint density at radius 1 is 1.50 bits per heavy atom. The van der Waals surface area contributed by atoms with Gasteiger partial charge in [-0.1, -0.05) is 19.1 Å². The van der Waals surface area contributed by atoms with Crippen molar-refractivity contribution in [1.82, 2.24) is 0 Å². The first-order valence-corrected chi connectivity index (χ1v) is 6.05. The molecule has 0 saturated heterocycles. The van der Waals surface area contributed by atoms with Crippen molar-refractivity contribution in [2.75, 3.05) is 23.9 Å². The van der Waals surface area contributed by atoms with Crippen LogP contribution in [-0.4, -0.2) is 18.1 Å². The average molecular weight is 210 g/mol. The molecule has 1 aromatic rings. The summed E-state index contributed by atoms with van der Waals surface area (Å²) in [5.41, 5.74) is 9.00. The SMILES string of the molecule is CSC(C)CNc1c(C)cccc1N. The zero-order valence-electron chi connectivity index (χ0n) is 9.00. The van der Waals surface area contributed by atoms with Crippen LogP contribution in [0.2, 0.25) is 0 Å². The number of hydrogen-bond acceptors (Lipinski definition) is 3. The van der Waals surface area contributed by atoms with Gasteiger partial charge in [-0.15, -0.1) is 0 Å². The molecule has 14 heavy (non-hydrogen) atoms. The number of para-hydroxylation sites is 1. The van der Waals surface area contributed by atoms with Crippen molar-refractivity contribution in [3.63, 3.8) is 0 Å². The maximum absolute atomic E-state index is 5.88. The summed E-state index contributed by atoms with van der Waals surface area (Å²) in [5.74, 6) is 0. The molecular weight excluding hydrogens is 192 g/mol. The topological polar surface area (TPSA) is 38.0 Å². The first-order chi connectivity index (χ1) is 6.65. The lowest BCUT2D eigenvalue weighted by Crippen LogP contribution is -2.14. The Morgan fingerprint density at radius 3 is 2.79 bits per heavy atom. The summed E-state index contributed by atoms with van der Waals surface area (Å²) in [6.07, 6.45) is 2.12. The Labute approximate surface area is 90.3 Å². The number of rotatable bonds is 4. The van der Waals surface area contributed by atoms with Gasteiger partial charge in [0.2, 0.25) is 0 Å². The van der Waals surface area contributed by atoms with Crippen molar-refractivity contribution in [1.29, 1.82) is 0 Å². The first-order valence-electron chi connectivity index (χ1n) is 4.77. The van der Waals surface area contributed by atoms with Crippen LogP contribution >= 0.6 is 11.8 Å². The van der Waals surface area contributed by atoms with Gasteiger partial charge in [0, 0.05) is 11.8 Å². The molecule has 0 heterocycles. The lowest BCUT2D eigenvalue weighted by atomic mass is 10.1. The molecule has 0 aliphatic heterocycles. The van der Waals surface area contributed by atoms with Crippen molar-refractivity contribution in [2.24, 2.45) is 0 Å². The van der Waals surface area contributed by atoms with Crippen LogP contribution in [0.3, 0.4) is 0 Å². The highest BCUT2D eigenvalue weighted by Crippen LogP contribution is 2.22. The van der Waals surface area contributed by atoms with Gasteiger partial charge in [-0.3, -0.25) is 0 Å². The fraction of sp³-hybridized carbons (Fsp3) is 0.455. The van der Waals surface area contributed by atoms with Gasteiger partial charge in [0.1, 0.15) is 0 Å². The number of thioether (sulfide) groups is 1. The maximum Gasteiger partial charge on any atom is 0.0603 e. The second-order valence-corrected chi connectivity index (χ2v) is 4.74. The number of hydrogen-bond donors (Lipinski definition) is 2. The van der Waals surface area contributed by atoms with E-state index in [2.05, 4.69) is 31.5 Å². The van der Waals surface area contributed by atoms with Crippen molar-refractivity contribution in [3.05, 3.63) is 23.8 Å². The van der Waals surface area contributed by atoms with Crippen LogP contribution < -0.4 is 11.1 Å². The van der Waals surface area contributed by atoms with Gasteiger partial charge >= 0.3 is 0 Å². The highest BCUT2D eigenvalue weighted by molar-refractivity contribution is 7.99. The Balaban J connectivity index is 2.66. The van der Waals surface area contributed by atoms with Crippen LogP contribution in [0.15, 0.2) is 18.2 Å². The van der Waals surface area contributed by atoms with Gasteiger partial charge in [-0.2, -0.15) is 11.8 Å². The smallest absolute Gasteiger partial charge is 0.0603 e. The van der Waals surface area contributed by atoms with Crippen LogP contribution in [0.4, 0.5) is 11.4 Å². The van der Waals surface area contributed by atoms with Crippen molar-refractivity contribution in [2.45, 2.75) is 19.1 Å². The molecule has 3 heteroatoms. The number of aryl methyl sites for hydroxylation is 1. The van der Waals surface area contributed by atoms with E-state index in [1.807, 2.05) is 23.9 Å². The minimum Gasteiger partial charge on any atom is -0.397 e. The molecular formula is C11H18N2S. The monoisotopic (exact) mass is 210 g/mol. The fourth-order valence-electron chi connectivity index (χ4n) is 1.26. The van der Waals surface area contributed by atoms with E-state index < -0.39 is 0 Å². The van der Waals surface area contributed by atoms with E-state index in [1.165, 1.54) is 5.56 Å². The third-order valence-electron chi connectivity index (χ3n) is 2.27. The van der Waals surface area contributed by atoms with E-state index >= 15 is 0 Å². The quantitative estimate of drug-likeness (QED) is 0.750. The van der Waals surface area contributed by atoms with E-state index in [1.54, 1.807) is 0 Å². The van der Waals surface area contributed by atoms with E-state index in [4.69, 9.17) is 5.73 Å². The van der Waals surface area contributed by atoms with Gasteiger partial charge in [-0.05, 0) is 24.8 Å². The Morgan fingerprint density at radius 2 is 2.21 bits per heavy atom. The summed E-state index contributed by atoms with van der Waals surface area (Å²) in [7, 11) is 0. The molecule has 0 aliphatic rings. The van der Waals surface area contributed by atoms with Gasteiger partial charge < -0.3 is 11.1 Å². The summed E-state index contributed by atoms with van der Waals surface area (Å²) in [4.78, 5) is 0. The van der Waals surface area contributed by atoms with Crippen LogP contribution in [-0.2, 0) is 0 Å². The molecule has 0 bridgehead atoms. The van der Waals surface area contributed by atoms with Crippen LogP contribution in [0.5, 0.6) is 0 Å². The highest BCUT2D eigenvalue weighted by atomic mass is 32.2. The largest absolute Gasteiger partial charge is 0.397 e. The van der Waals surface area contributed by atoms with Crippen molar-refractivity contribution in [3.8, 4) is 0 Å². The van der Waals surface area contributed by atoms with E-state index in [-0.39, 0.29) is 0 Å². The normalized spacial score (nSPS) is 12.5. The Kier molecular flexibility index (Phi) is 4.14. The summed E-state index contributed by atoms with van der Waals surface area (Å²) in [6.45, 7) is 5.23. The minimum atomic E-state index is 0.606. The molecule has 1 rings (SSSR count). The lowest BCUT2D eigenvalue weighted by molar-refractivity contribution is 1.00. The number of nitrogens with one attached hydrogen (secondary N) is 1. The van der Waals surface area contributed by atoms with Crippen molar-refractivity contribution < 1.29 is 0 Å². The summed E-state index contributed by atoms with van der Waals surface area (Å²) >= 11 is 1.85. The third-order valence-corrected chi connectivity index (χ3v) is 3.25. The second-order valence-electron chi connectivity index (χ2n) is 3.47. The van der Waals surface area contributed by atoms with Crippen LogP contribution in [0.25, 0.3) is 0 Å². The number of nitrogen functional groups attached to an aromatic ring is 1. The van der Waals surface area contributed by atoms with Crippen LogP contribution in [0, 0.1) is 6.92 Å². The standard InChI is InChI=1S/C11H18N2S/c1-8-5-4-6-10(12)11(8)13-7-9(2)14-3/h4-6,9,13H,7,12H2,1-3H3. The molecule has 1 atom stereocenters. The summed E-state index contributed by atoms with van der Waals surface area (Å²) in [6, 6.07) is 5.98. The number of benzene rings is 1. The van der Waals surface area contributed by atoms with Crippen LogP contribution in [0.1, 0.15) is 12.5 Å². The van der Waals surface area contributed by atoms with E-state index in [9.17, 15) is 0 Å². The maximum atomic E-state index is 5.88. The van der Waals surface area contributed by atoms with E-state index in [0.717, 1.165) is 17.9 Å². The molecule has 3 N–H and O–H groups in total. The molecule has 1 unspecified atom stereocenters. The molecule has 0 fully saturated rings. The number of anilines is 2.